The highest BCUT2D eigenvalue weighted by Gasteiger charge is 2.13. The smallest absolute Gasteiger partial charge is 0.340 e. The van der Waals surface area contributed by atoms with Gasteiger partial charge in [-0.05, 0) is 5.56 Å². The molecule has 0 radical (unpaired) electrons. The summed E-state index contributed by atoms with van der Waals surface area (Å²) in [5.41, 5.74) is 0.672. The zero-order valence-corrected chi connectivity index (χ0v) is 8.59. The van der Waals surface area contributed by atoms with E-state index in [1.807, 2.05) is 18.2 Å². The van der Waals surface area contributed by atoms with Crippen molar-refractivity contribution in [3.63, 3.8) is 0 Å². The first-order valence-electron chi connectivity index (χ1n) is 4.60. The Morgan fingerprint density at radius 2 is 2.00 bits per heavy atom. The van der Waals surface area contributed by atoms with Crippen molar-refractivity contribution in [2.45, 2.75) is 6.61 Å². The molecule has 0 saturated heterocycles. The fourth-order valence-corrected chi connectivity index (χ4v) is 1.05. The predicted molar refractivity (Wildman–Crippen MR) is 57.2 cm³/mol. The first-order valence-corrected chi connectivity index (χ1v) is 4.60. The predicted octanol–water partition coefficient (Wildman–Crippen LogP) is 1.56. The van der Waals surface area contributed by atoms with Crippen LogP contribution in [0.15, 0.2) is 42.5 Å². The summed E-state index contributed by atoms with van der Waals surface area (Å²) >= 11 is 0. The Kier molecular flexibility index (Phi) is 4.20. The molecule has 0 aliphatic carbocycles. The summed E-state index contributed by atoms with van der Waals surface area (Å²) in [6, 6.07) is 9.06. The standard InChI is InChI=1S/C11H11NO4/c1-9(7-12(14)15)11(13)16-8-10-5-3-2-4-6-10/h2-6H,1,7-8H2. The second-order valence-electron chi connectivity index (χ2n) is 3.16. The van der Waals surface area contributed by atoms with Crippen LogP contribution in [-0.4, -0.2) is 17.4 Å². The fraction of sp³-hybridized carbons (Fsp3) is 0.182. The third kappa shape index (κ3) is 3.91. The number of carbonyl (C=O) groups is 1. The summed E-state index contributed by atoms with van der Waals surface area (Å²) in [6.07, 6.45) is 0. The van der Waals surface area contributed by atoms with Crippen LogP contribution in [0.2, 0.25) is 0 Å². The Bertz CT molecular complexity index is 400. The molecular formula is C11H11NO4. The van der Waals surface area contributed by atoms with Crippen molar-refractivity contribution in [2.24, 2.45) is 0 Å². The van der Waals surface area contributed by atoms with Gasteiger partial charge in [0.15, 0.2) is 0 Å². The molecule has 0 atom stereocenters. The van der Waals surface area contributed by atoms with E-state index in [-0.39, 0.29) is 12.2 Å². The lowest BCUT2D eigenvalue weighted by molar-refractivity contribution is -0.470. The maximum Gasteiger partial charge on any atom is 0.340 e. The lowest BCUT2D eigenvalue weighted by Crippen LogP contribution is -2.14. The molecule has 0 saturated carbocycles. The molecule has 0 spiro atoms. The minimum atomic E-state index is -0.736. The van der Waals surface area contributed by atoms with E-state index < -0.39 is 17.4 Å². The number of nitro groups is 1. The van der Waals surface area contributed by atoms with Gasteiger partial charge in [-0.25, -0.2) is 4.79 Å². The first kappa shape index (κ1) is 11.9. The number of rotatable bonds is 5. The van der Waals surface area contributed by atoms with Crippen LogP contribution in [0.4, 0.5) is 0 Å². The summed E-state index contributed by atoms with van der Waals surface area (Å²) in [6.45, 7) is 2.79. The van der Waals surface area contributed by atoms with Crippen molar-refractivity contribution in [1.82, 2.24) is 0 Å². The summed E-state index contributed by atoms with van der Waals surface area (Å²) in [7, 11) is 0. The van der Waals surface area contributed by atoms with Crippen LogP contribution in [0, 0.1) is 10.1 Å². The Labute approximate surface area is 92.5 Å². The van der Waals surface area contributed by atoms with Crippen LogP contribution in [0.5, 0.6) is 0 Å². The molecule has 0 aliphatic heterocycles. The van der Waals surface area contributed by atoms with Crippen LogP contribution in [0.1, 0.15) is 5.56 Å². The maximum atomic E-state index is 11.2. The van der Waals surface area contributed by atoms with Crippen molar-refractivity contribution in [2.75, 3.05) is 6.54 Å². The zero-order valence-electron chi connectivity index (χ0n) is 8.59. The molecule has 0 aliphatic rings. The molecule has 0 N–H and O–H groups in total. The molecule has 84 valence electrons. The summed E-state index contributed by atoms with van der Waals surface area (Å²) in [5.74, 6) is -0.736. The second-order valence-corrected chi connectivity index (χ2v) is 3.16. The lowest BCUT2D eigenvalue weighted by Gasteiger charge is -2.04. The van der Waals surface area contributed by atoms with Crippen LogP contribution < -0.4 is 0 Å². The number of hydrogen-bond donors (Lipinski definition) is 0. The molecule has 1 rings (SSSR count). The van der Waals surface area contributed by atoms with E-state index in [1.54, 1.807) is 12.1 Å². The van der Waals surface area contributed by atoms with Crippen molar-refractivity contribution < 1.29 is 14.5 Å². The average Bonchev–Trinajstić information content (AvgIpc) is 2.26. The van der Waals surface area contributed by atoms with Gasteiger partial charge in [0.25, 0.3) is 0 Å². The third-order valence-corrected chi connectivity index (χ3v) is 1.82. The van der Waals surface area contributed by atoms with E-state index in [1.165, 1.54) is 0 Å². The molecule has 0 bridgehead atoms. The van der Waals surface area contributed by atoms with E-state index in [9.17, 15) is 14.9 Å². The minimum Gasteiger partial charge on any atom is -0.457 e. The largest absolute Gasteiger partial charge is 0.457 e. The van der Waals surface area contributed by atoms with Crippen molar-refractivity contribution in [1.29, 1.82) is 0 Å². The lowest BCUT2D eigenvalue weighted by atomic mass is 10.2. The molecule has 0 fully saturated rings. The molecule has 5 heteroatoms. The molecule has 1 aromatic rings. The molecule has 0 heterocycles. The maximum absolute atomic E-state index is 11.2. The summed E-state index contributed by atoms with van der Waals surface area (Å²) in [5, 5.41) is 10.1. The van der Waals surface area contributed by atoms with Gasteiger partial charge in [0.2, 0.25) is 6.54 Å². The monoisotopic (exact) mass is 221 g/mol. The molecular weight excluding hydrogens is 210 g/mol. The first-order chi connectivity index (χ1) is 7.59. The number of benzene rings is 1. The number of nitrogens with zero attached hydrogens (tertiary/aromatic N) is 1. The van der Waals surface area contributed by atoms with Gasteiger partial charge >= 0.3 is 5.97 Å². The quantitative estimate of drug-likeness (QED) is 0.327. The van der Waals surface area contributed by atoms with Gasteiger partial charge in [-0.15, -0.1) is 0 Å². The average molecular weight is 221 g/mol. The summed E-state index contributed by atoms with van der Waals surface area (Å²) in [4.78, 5) is 20.7. The number of carbonyl (C=O) groups excluding carboxylic acids is 1. The Balaban J connectivity index is 2.41. The van der Waals surface area contributed by atoms with Crippen LogP contribution in [0.3, 0.4) is 0 Å². The SMILES string of the molecule is C=C(C[N+](=O)[O-])C(=O)OCc1ccccc1. The fourth-order valence-electron chi connectivity index (χ4n) is 1.05. The van der Waals surface area contributed by atoms with Crippen LogP contribution >= 0.6 is 0 Å². The molecule has 0 aromatic heterocycles. The van der Waals surface area contributed by atoms with Gasteiger partial charge in [-0.3, -0.25) is 10.1 Å². The zero-order chi connectivity index (χ0) is 12.0. The van der Waals surface area contributed by atoms with E-state index in [4.69, 9.17) is 4.74 Å². The number of ether oxygens (including phenoxy) is 1. The van der Waals surface area contributed by atoms with E-state index >= 15 is 0 Å². The van der Waals surface area contributed by atoms with Gasteiger partial charge < -0.3 is 4.74 Å². The highest BCUT2D eigenvalue weighted by Crippen LogP contribution is 2.03. The van der Waals surface area contributed by atoms with E-state index in [0.29, 0.717) is 0 Å². The van der Waals surface area contributed by atoms with Crippen molar-refractivity contribution >= 4 is 5.97 Å². The van der Waals surface area contributed by atoms with Gasteiger partial charge in [0.1, 0.15) is 12.2 Å². The highest BCUT2D eigenvalue weighted by molar-refractivity contribution is 5.87. The van der Waals surface area contributed by atoms with Gasteiger partial charge in [0.05, 0.1) is 0 Å². The molecule has 5 nitrogen and oxygen atoms in total. The Hall–Kier alpha value is -2.17. The van der Waals surface area contributed by atoms with E-state index in [2.05, 4.69) is 6.58 Å². The van der Waals surface area contributed by atoms with E-state index in [0.717, 1.165) is 5.56 Å². The molecule has 0 amide bonds. The normalized spacial score (nSPS) is 9.50. The van der Waals surface area contributed by atoms with Gasteiger partial charge in [0, 0.05) is 4.92 Å². The number of esters is 1. The Morgan fingerprint density at radius 3 is 2.56 bits per heavy atom. The summed E-state index contributed by atoms with van der Waals surface area (Å²) < 4.78 is 4.85. The van der Waals surface area contributed by atoms with Gasteiger partial charge in [-0.1, -0.05) is 36.9 Å². The minimum absolute atomic E-state index is 0.0937. The van der Waals surface area contributed by atoms with Crippen LogP contribution in [0.25, 0.3) is 0 Å². The molecule has 0 unspecified atom stereocenters. The van der Waals surface area contributed by atoms with Crippen LogP contribution in [-0.2, 0) is 16.1 Å². The topological polar surface area (TPSA) is 69.4 Å². The number of hydrogen-bond acceptors (Lipinski definition) is 4. The molecule has 1 aromatic carbocycles. The van der Waals surface area contributed by atoms with Crippen molar-refractivity contribution in [3.05, 3.63) is 58.2 Å². The third-order valence-electron chi connectivity index (χ3n) is 1.82. The Morgan fingerprint density at radius 1 is 1.38 bits per heavy atom. The highest BCUT2D eigenvalue weighted by atomic mass is 16.6. The van der Waals surface area contributed by atoms with Gasteiger partial charge in [-0.2, -0.15) is 0 Å². The second kappa shape index (κ2) is 5.65. The molecule has 16 heavy (non-hydrogen) atoms. The van der Waals surface area contributed by atoms with Crippen molar-refractivity contribution in [3.8, 4) is 0 Å².